The van der Waals surface area contributed by atoms with Crippen molar-refractivity contribution in [3.63, 3.8) is 0 Å². The zero-order valence-electron chi connectivity index (χ0n) is 14.2. The third-order valence-corrected chi connectivity index (χ3v) is 3.61. The molecular weight excluding hydrogens is 302 g/mol. The van der Waals surface area contributed by atoms with Crippen LogP contribution in [0.3, 0.4) is 0 Å². The molecule has 0 saturated heterocycles. The molecule has 0 aliphatic heterocycles. The van der Waals surface area contributed by atoms with Crippen molar-refractivity contribution < 1.29 is 9.59 Å². The molecule has 0 bridgehead atoms. The van der Waals surface area contributed by atoms with E-state index < -0.39 is 6.04 Å². The molecule has 126 valence electrons. The summed E-state index contributed by atoms with van der Waals surface area (Å²) in [4.78, 5) is 28.4. The van der Waals surface area contributed by atoms with E-state index in [9.17, 15) is 9.59 Å². The lowest BCUT2D eigenvalue weighted by Gasteiger charge is -2.18. The topological polar surface area (TPSA) is 71.1 Å². The minimum absolute atomic E-state index is 0.186. The number of para-hydroxylation sites is 1. The highest BCUT2D eigenvalue weighted by Crippen LogP contribution is 2.12. The van der Waals surface area contributed by atoms with Crippen LogP contribution in [0.2, 0.25) is 0 Å². The molecule has 0 saturated carbocycles. The zero-order valence-corrected chi connectivity index (χ0v) is 14.2. The molecule has 1 aromatic heterocycles. The number of amides is 2. The Morgan fingerprint density at radius 3 is 2.62 bits per heavy atom. The lowest BCUT2D eigenvalue weighted by Crippen LogP contribution is -2.45. The predicted octanol–water partition coefficient (Wildman–Crippen LogP) is 2.52. The Hall–Kier alpha value is -2.69. The highest BCUT2D eigenvalue weighted by Gasteiger charge is 2.19. The van der Waals surface area contributed by atoms with Gasteiger partial charge in [0.1, 0.15) is 6.04 Å². The molecule has 0 unspecified atom stereocenters. The second-order valence-corrected chi connectivity index (χ2v) is 6.07. The molecule has 1 aromatic carbocycles. The summed E-state index contributed by atoms with van der Waals surface area (Å²) in [5.74, 6) is -0.188. The first-order valence-corrected chi connectivity index (χ1v) is 8.05. The Balaban J connectivity index is 2.05. The van der Waals surface area contributed by atoms with Crippen LogP contribution in [0.1, 0.15) is 26.0 Å². The standard InChI is InChI=1S/C19H23N3O2/c1-13(2)12-17(19(24)20-3)22-18(23)11-10-15-9-8-14-6-4-5-7-16(14)21-15/h4-11,13,17H,12H2,1-3H3,(H,20,24)(H,22,23)/b11-10+/t17-/m0/s1. The van der Waals surface area contributed by atoms with E-state index in [2.05, 4.69) is 15.6 Å². The first kappa shape index (κ1) is 17.7. The van der Waals surface area contributed by atoms with Gasteiger partial charge < -0.3 is 10.6 Å². The molecule has 0 fully saturated rings. The molecule has 1 atom stereocenters. The van der Waals surface area contributed by atoms with Gasteiger partial charge in [0.25, 0.3) is 0 Å². The Morgan fingerprint density at radius 2 is 1.92 bits per heavy atom. The van der Waals surface area contributed by atoms with Crippen LogP contribution in [0.4, 0.5) is 0 Å². The van der Waals surface area contributed by atoms with Crippen LogP contribution in [-0.2, 0) is 9.59 Å². The molecule has 0 aliphatic carbocycles. The summed E-state index contributed by atoms with van der Waals surface area (Å²) >= 11 is 0. The van der Waals surface area contributed by atoms with Crippen molar-refractivity contribution >= 4 is 28.8 Å². The lowest BCUT2D eigenvalue weighted by molar-refractivity contribution is -0.127. The number of carbonyl (C=O) groups excluding carboxylic acids is 2. The number of nitrogens with zero attached hydrogens (tertiary/aromatic N) is 1. The highest BCUT2D eigenvalue weighted by molar-refractivity contribution is 5.95. The number of hydrogen-bond acceptors (Lipinski definition) is 3. The van der Waals surface area contributed by atoms with Crippen LogP contribution < -0.4 is 10.6 Å². The van der Waals surface area contributed by atoms with Gasteiger partial charge in [-0.1, -0.05) is 38.1 Å². The van der Waals surface area contributed by atoms with Crippen LogP contribution >= 0.6 is 0 Å². The molecular formula is C19H23N3O2. The van der Waals surface area contributed by atoms with Gasteiger partial charge in [-0.05, 0) is 30.5 Å². The molecule has 24 heavy (non-hydrogen) atoms. The molecule has 2 rings (SSSR count). The Morgan fingerprint density at radius 1 is 1.17 bits per heavy atom. The Labute approximate surface area is 142 Å². The van der Waals surface area contributed by atoms with Gasteiger partial charge in [-0.25, -0.2) is 4.98 Å². The third-order valence-electron chi connectivity index (χ3n) is 3.61. The van der Waals surface area contributed by atoms with E-state index in [1.807, 2.05) is 50.2 Å². The van der Waals surface area contributed by atoms with Gasteiger partial charge in [-0.3, -0.25) is 9.59 Å². The smallest absolute Gasteiger partial charge is 0.244 e. The van der Waals surface area contributed by atoms with Crippen molar-refractivity contribution in [1.29, 1.82) is 0 Å². The third kappa shape index (κ3) is 4.91. The fraction of sp³-hybridized carbons (Fsp3) is 0.316. The molecule has 2 amide bonds. The number of fused-ring (bicyclic) bond motifs is 1. The summed E-state index contributed by atoms with van der Waals surface area (Å²) < 4.78 is 0. The van der Waals surface area contributed by atoms with E-state index in [1.165, 1.54) is 6.08 Å². The van der Waals surface area contributed by atoms with Crippen LogP contribution in [0.15, 0.2) is 42.5 Å². The monoisotopic (exact) mass is 325 g/mol. The molecule has 2 N–H and O–H groups in total. The first-order chi connectivity index (χ1) is 11.5. The second kappa shape index (κ2) is 8.24. The maximum absolute atomic E-state index is 12.1. The van der Waals surface area contributed by atoms with Gasteiger partial charge in [0, 0.05) is 18.5 Å². The Kier molecular flexibility index (Phi) is 6.07. The average Bonchev–Trinajstić information content (AvgIpc) is 2.58. The fourth-order valence-electron chi connectivity index (χ4n) is 2.43. The summed E-state index contributed by atoms with van der Waals surface area (Å²) in [7, 11) is 1.57. The van der Waals surface area contributed by atoms with Gasteiger partial charge in [-0.2, -0.15) is 0 Å². The summed E-state index contributed by atoms with van der Waals surface area (Å²) in [6.45, 7) is 4.02. The second-order valence-electron chi connectivity index (χ2n) is 6.07. The minimum Gasteiger partial charge on any atom is -0.357 e. The maximum Gasteiger partial charge on any atom is 0.244 e. The van der Waals surface area contributed by atoms with Gasteiger partial charge in [0.2, 0.25) is 11.8 Å². The number of pyridine rings is 1. The molecule has 5 heteroatoms. The maximum atomic E-state index is 12.1. The van der Waals surface area contributed by atoms with Gasteiger partial charge in [0.15, 0.2) is 0 Å². The van der Waals surface area contributed by atoms with Gasteiger partial charge in [0.05, 0.1) is 11.2 Å². The van der Waals surface area contributed by atoms with Crippen LogP contribution in [0.5, 0.6) is 0 Å². The summed E-state index contributed by atoms with van der Waals surface area (Å²) in [5, 5.41) is 6.37. The van der Waals surface area contributed by atoms with Crippen LogP contribution in [0, 0.1) is 5.92 Å². The number of likely N-dealkylation sites (N-methyl/N-ethyl adjacent to an activating group) is 1. The quantitative estimate of drug-likeness (QED) is 0.802. The molecule has 5 nitrogen and oxygen atoms in total. The fourth-order valence-corrected chi connectivity index (χ4v) is 2.43. The zero-order chi connectivity index (χ0) is 17.5. The molecule has 2 aromatic rings. The molecule has 0 aliphatic rings. The summed E-state index contributed by atoms with van der Waals surface area (Å²) in [6, 6.07) is 11.1. The first-order valence-electron chi connectivity index (χ1n) is 8.05. The van der Waals surface area contributed by atoms with Crippen molar-refractivity contribution in [2.45, 2.75) is 26.3 Å². The molecule has 0 radical (unpaired) electrons. The van der Waals surface area contributed by atoms with Crippen molar-refractivity contribution in [3.05, 3.63) is 48.2 Å². The van der Waals surface area contributed by atoms with Gasteiger partial charge >= 0.3 is 0 Å². The number of carbonyl (C=O) groups is 2. The van der Waals surface area contributed by atoms with E-state index in [-0.39, 0.29) is 11.8 Å². The number of rotatable bonds is 6. The van der Waals surface area contributed by atoms with E-state index in [0.717, 1.165) is 10.9 Å². The number of benzene rings is 1. The van der Waals surface area contributed by atoms with Crippen LogP contribution in [0.25, 0.3) is 17.0 Å². The number of nitrogens with one attached hydrogen (secondary N) is 2. The van der Waals surface area contributed by atoms with Crippen molar-refractivity contribution in [3.8, 4) is 0 Å². The average molecular weight is 325 g/mol. The highest BCUT2D eigenvalue weighted by atomic mass is 16.2. The summed E-state index contributed by atoms with van der Waals surface area (Å²) in [5.41, 5.74) is 1.58. The van der Waals surface area contributed by atoms with E-state index in [0.29, 0.717) is 18.0 Å². The number of hydrogen-bond donors (Lipinski definition) is 2. The largest absolute Gasteiger partial charge is 0.357 e. The Bertz CT molecular complexity index is 753. The normalized spacial score (nSPS) is 12.5. The van der Waals surface area contributed by atoms with Crippen molar-refractivity contribution in [2.24, 2.45) is 5.92 Å². The lowest BCUT2D eigenvalue weighted by atomic mass is 10.0. The van der Waals surface area contributed by atoms with Gasteiger partial charge in [-0.15, -0.1) is 0 Å². The van der Waals surface area contributed by atoms with E-state index >= 15 is 0 Å². The van der Waals surface area contributed by atoms with E-state index in [4.69, 9.17) is 0 Å². The van der Waals surface area contributed by atoms with Crippen molar-refractivity contribution in [1.82, 2.24) is 15.6 Å². The summed E-state index contributed by atoms with van der Waals surface area (Å²) in [6.07, 6.45) is 3.65. The molecule has 1 heterocycles. The van der Waals surface area contributed by atoms with Crippen molar-refractivity contribution in [2.75, 3.05) is 7.05 Å². The molecule has 0 spiro atoms. The predicted molar refractivity (Wildman–Crippen MR) is 96.2 cm³/mol. The van der Waals surface area contributed by atoms with Crippen LogP contribution in [-0.4, -0.2) is 29.9 Å². The van der Waals surface area contributed by atoms with E-state index in [1.54, 1.807) is 13.1 Å². The number of aromatic nitrogens is 1. The SMILES string of the molecule is CNC(=O)[C@H](CC(C)C)NC(=O)/C=C/c1ccc2ccccc2n1. The minimum atomic E-state index is -0.531.